The first-order valence-corrected chi connectivity index (χ1v) is 7.35. The molecule has 0 bridgehead atoms. The minimum atomic E-state index is -0.816. The summed E-state index contributed by atoms with van der Waals surface area (Å²) in [4.78, 5) is 11.4. The molecule has 3 N–H and O–H groups in total. The Bertz CT molecular complexity index is 699. The van der Waals surface area contributed by atoms with E-state index in [9.17, 15) is 9.90 Å². The molecule has 5 nitrogen and oxygen atoms in total. The monoisotopic (exact) mass is 287 g/mol. The van der Waals surface area contributed by atoms with Gasteiger partial charge in [0.25, 0.3) is 0 Å². The molecule has 21 heavy (non-hydrogen) atoms. The summed E-state index contributed by atoms with van der Waals surface area (Å²) in [5.41, 5.74) is 8.94. The van der Waals surface area contributed by atoms with Gasteiger partial charge in [-0.3, -0.25) is 4.79 Å². The molecule has 112 valence electrons. The van der Waals surface area contributed by atoms with Gasteiger partial charge in [-0.05, 0) is 56.4 Å². The number of hydrogen-bond acceptors (Lipinski definition) is 3. The molecule has 1 saturated carbocycles. The highest BCUT2D eigenvalue weighted by Crippen LogP contribution is 2.41. The number of aliphatic carboxylic acids is 1. The van der Waals surface area contributed by atoms with E-state index in [1.165, 1.54) is 18.4 Å². The Morgan fingerprint density at radius 1 is 1.43 bits per heavy atom. The molecule has 1 aliphatic carbocycles. The standard InChI is InChI=1S/C16H21N3O2/c1-16(2,15(20)21)8-14-6-11(10-3-4-10)5-13-7-12(9-17)18-19(13)14/h5-7,10H,3-4,8-9,17H2,1-2H3,(H,20,21). The molecular weight excluding hydrogens is 266 g/mol. The molecule has 2 heterocycles. The molecule has 0 amide bonds. The van der Waals surface area contributed by atoms with Crippen LogP contribution in [0.25, 0.3) is 5.52 Å². The van der Waals surface area contributed by atoms with E-state index < -0.39 is 11.4 Å². The molecular formula is C16H21N3O2. The summed E-state index contributed by atoms with van der Waals surface area (Å²) >= 11 is 0. The average molecular weight is 287 g/mol. The third-order valence-corrected chi connectivity index (χ3v) is 4.17. The number of pyridine rings is 1. The highest BCUT2D eigenvalue weighted by atomic mass is 16.4. The SMILES string of the molecule is CC(C)(Cc1cc(C2CC2)cc2cc(CN)nn12)C(=O)O. The Morgan fingerprint density at radius 2 is 2.14 bits per heavy atom. The van der Waals surface area contributed by atoms with Crippen molar-refractivity contribution in [3.05, 3.63) is 35.2 Å². The summed E-state index contributed by atoms with van der Waals surface area (Å²) < 4.78 is 1.85. The van der Waals surface area contributed by atoms with Gasteiger partial charge in [-0.2, -0.15) is 5.10 Å². The van der Waals surface area contributed by atoms with Gasteiger partial charge in [0.1, 0.15) is 0 Å². The molecule has 1 aliphatic rings. The van der Waals surface area contributed by atoms with Crippen LogP contribution in [0.15, 0.2) is 18.2 Å². The number of aromatic nitrogens is 2. The molecule has 0 aliphatic heterocycles. The zero-order valence-electron chi connectivity index (χ0n) is 12.5. The number of rotatable bonds is 5. The van der Waals surface area contributed by atoms with Gasteiger partial charge in [-0.25, -0.2) is 4.52 Å². The van der Waals surface area contributed by atoms with Crippen LogP contribution in [0.3, 0.4) is 0 Å². The Morgan fingerprint density at radius 3 is 2.71 bits per heavy atom. The van der Waals surface area contributed by atoms with Crippen LogP contribution in [0.2, 0.25) is 0 Å². The van der Waals surface area contributed by atoms with Crippen LogP contribution in [0.4, 0.5) is 0 Å². The van der Waals surface area contributed by atoms with Crippen LogP contribution in [0.1, 0.15) is 49.6 Å². The average Bonchev–Trinajstić information content (AvgIpc) is 3.17. The maximum Gasteiger partial charge on any atom is 0.309 e. The Labute approximate surface area is 123 Å². The predicted molar refractivity (Wildman–Crippen MR) is 80.2 cm³/mol. The van der Waals surface area contributed by atoms with E-state index in [2.05, 4.69) is 17.2 Å². The lowest BCUT2D eigenvalue weighted by Gasteiger charge is -2.20. The van der Waals surface area contributed by atoms with Crippen molar-refractivity contribution in [3.63, 3.8) is 0 Å². The van der Waals surface area contributed by atoms with Gasteiger partial charge in [0.15, 0.2) is 0 Å². The van der Waals surface area contributed by atoms with Gasteiger partial charge in [-0.15, -0.1) is 0 Å². The van der Waals surface area contributed by atoms with Crippen LogP contribution >= 0.6 is 0 Å². The molecule has 3 rings (SSSR count). The predicted octanol–water partition coefficient (Wildman–Crippen LogP) is 2.32. The van der Waals surface area contributed by atoms with Crippen LogP contribution < -0.4 is 5.73 Å². The van der Waals surface area contributed by atoms with E-state index in [-0.39, 0.29) is 0 Å². The third kappa shape index (κ3) is 2.65. The fraction of sp³-hybridized carbons (Fsp3) is 0.500. The molecule has 0 radical (unpaired) electrons. The molecule has 0 saturated heterocycles. The lowest BCUT2D eigenvalue weighted by Crippen LogP contribution is -2.27. The van der Waals surface area contributed by atoms with Crippen LogP contribution in [0, 0.1) is 5.41 Å². The van der Waals surface area contributed by atoms with Gasteiger partial charge >= 0.3 is 5.97 Å². The van der Waals surface area contributed by atoms with Crippen molar-refractivity contribution in [2.75, 3.05) is 0 Å². The number of carbonyl (C=O) groups is 1. The summed E-state index contributed by atoms with van der Waals surface area (Å²) in [5.74, 6) is -0.170. The summed E-state index contributed by atoms with van der Waals surface area (Å²) in [6.07, 6.45) is 2.89. The van der Waals surface area contributed by atoms with Gasteiger partial charge in [0, 0.05) is 18.7 Å². The van der Waals surface area contributed by atoms with E-state index >= 15 is 0 Å². The van der Waals surface area contributed by atoms with Crippen molar-refractivity contribution in [3.8, 4) is 0 Å². The Hall–Kier alpha value is -1.88. The molecule has 0 spiro atoms. The van der Waals surface area contributed by atoms with Gasteiger partial charge < -0.3 is 10.8 Å². The van der Waals surface area contributed by atoms with Crippen molar-refractivity contribution in [2.45, 2.75) is 45.6 Å². The van der Waals surface area contributed by atoms with Crippen LogP contribution in [0.5, 0.6) is 0 Å². The quantitative estimate of drug-likeness (QED) is 0.884. The summed E-state index contributed by atoms with van der Waals surface area (Å²) in [6, 6.07) is 6.26. The number of nitrogens with two attached hydrogens (primary N) is 1. The maximum absolute atomic E-state index is 11.4. The van der Waals surface area contributed by atoms with Crippen molar-refractivity contribution < 1.29 is 9.90 Å². The van der Waals surface area contributed by atoms with Crippen molar-refractivity contribution in [1.82, 2.24) is 9.61 Å². The van der Waals surface area contributed by atoms with Gasteiger partial charge in [0.2, 0.25) is 0 Å². The zero-order chi connectivity index (χ0) is 15.2. The van der Waals surface area contributed by atoms with E-state index in [1.807, 2.05) is 10.6 Å². The third-order valence-electron chi connectivity index (χ3n) is 4.17. The first kappa shape index (κ1) is 14.1. The van der Waals surface area contributed by atoms with Crippen molar-refractivity contribution >= 4 is 11.5 Å². The fourth-order valence-corrected chi connectivity index (χ4v) is 2.65. The lowest BCUT2D eigenvalue weighted by atomic mass is 9.87. The fourth-order valence-electron chi connectivity index (χ4n) is 2.65. The zero-order valence-corrected chi connectivity index (χ0v) is 12.5. The lowest BCUT2D eigenvalue weighted by molar-refractivity contribution is -0.146. The molecule has 0 unspecified atom stereocenters. The number of carboxylic acids is 1. The largest absolute Gasteiger partial charge is 0.481 e. The highest BCUT2D eigenvalue weighted by molar-refractivity contribution is 5.74. The van der Waals surface area contributed by atoms with E-state index in [1.54, 1.807) is 13.8 Å². The smallest absolute Gasteiger partial charge is 0.309 e. The Balaban J connectivity index is 2.09. The highest BCUT2D eigenvalue weighted by Gasteiger charge is 2.30. The minimum Gasteiger partial charge on any atom is -0.481 e. The number of nitrogens with zero attached hydrogens (tertiary/aromatic N) is 2. The second-order valence-corrected chi connectivity index (χ2v) is 6.60. The van der Waals surface area contributed by atoms with Crippen molar-refractivity contribution in [1.29, 1.82) is 0 Å². The molecule has 1 fully saturated rings. The molecule has 0 atom stereocenters. The van der Waals surface area contributed by atoms with Crippen LogP contribution in [-0.4, -0.2) is 20.7 Å². The van der Waals surface area contributed by atoms with E-state index in [4.69, 9.17) is 5.73 Å². The van der Waals surface area contributed by atoms with Gasteiger partial charge in [0.05, 0.1) is 16.6 Å². The summed E-state index contributed by atoms with van der Waals surface area (Å²) in [6.45, 7) is 3.89. The van der Waals surface area contributed by atoms with E-state index in [0.717, 1.165) is 16.9 Å². The first-order chi connectivity index (χ1) is 9.90. The maximum atomic E-state index is 11.4. The minimum absolute atomic E-state index is 0.391. The van der Waals surface area contributed by atoms with E-state index in [0.29, 0.717) is 18.9 Å². The number of hydrogen-bond donors (Lipinski definition) is 2. The topological polar surface area (TPSA) is 80.6 Å². The summed E-state index contributed by atoms with van der Waals surface area (Å²) in [5, 5.41) is 13.9. The van der Waals surface area contributed by atoms with Crippen molar-refractivity contribution in [2.24, 2.45) is 11.1 Å². The number of carboxylic acid groups (broad SMARTS) is 1. The Kier molecular flexibility index (Phi) is 3.24. The first-order valence-electron chi connectivity index (χ1n) is 7.35. The molecule has 2 aromatic heterocycles. The summed E-state index contributed by atoms with van der Waals surface area (Å²) in [7, 11) is 0. The second-order valence-electron chi connectivity index (χ2n) is 6.60. The number of fused-ring (bicyclic) bond motifs is 1. The van der Waals surface area contributed by atoms with Crippen LogP contribution in [-0.2, 0) is 17.8 Å². The normalized spacial score (nSPS) is 15.6. The van der Waals surface area contributed by atoms with Gasteiger partial charge in [-0.1, -0.05) is 0 Å². The second kappa shape index (κ2) is 4.84. The molecule has 0 aromatic carbocycles. The molecule has 5 heteroatoms. The molecule has 2 aromatic rings.